The van der Waals surface area contributed by atoms with Crippen molar-refractivity contribution < 1.29 is 14.3 Å². The number of rotatable bonds is 4. The van der Waals surface area contributed by atoms with Gasteiger partial charge in [-0.2, -0.15) is 4.99 Å². The number of benzene rings is 1. The molecule has 27 heavy (non-hydrogen) atoms. The van der Waals surface area contributed by atoms with Crippen LogP contribution in [0.2, 0.25) is 5.02 Å². The van der Waals surface area contributed by atoms with Crippen LogP contribution in [-0.2, 0) is 16.7 Å². The zero-order chi connectivity index (χ0) is 19.6. The molecule has 0 bridgehead atoms. The molecule has 1 amide bonds. The van der Waals surface area contributed by atoms with Crippen molar-refractivity contribution in [3.8, 4) is 0 Å². The Morgan fingerprint density at radius 2 is 2.22 bits per heavy atom. The highest BCUT2D eigenvalue weighted by atomic mass is 35.5. The van der Waals surface area contributed by atoms with E-state index in [2.05, 4.69) is 32.0 Å². The fourth-order valence-electron chi connectivity index (χ4n) is 2.92. The van der Waals surface area contributed by atoms with E-state index in [0.717, 1.165) is 24.3 Å². The monoisotopic (exact) mass is 406 g/mol. The third kappa shape index (κ3) is 4.75. The first-order chi connectivity index (χ1) is 12.8. The van der Waals surface area contributed by atoms with Gasteiger partial charge in [0.25, 0.3) is 5.91 Å². The first kappa shape index (κ1) is 20.0. The normalized spacial score (nSPS) is 18.1. The van der Waals surface area contributed by atoms with Gasteiger partial charge in [0.1, 0.15) is 0 Å². The first-order valence-corrected chi connectivity index (χ1v) is 10.1. The molecule has 1 aromatic heterocycles. The van der Waals surface area contributed by atoms with Crippen molar-refractivity contribution in [1.82, 2.24) is 4.57 Å². The summed E-state index contributed by atoms with van der Waals surface area (Å²) in [7, 11) is 0. The largest absolute Gasteiger partial charge is 0.376 e. The summed E-state index contributed by atoms with van der Waals surface area (Å²) in [6, 6.07) is 4.61. The topological polar surface area (TPSA) is 60.7 Å². The van der Waals surface area contributed by atoms with Crippen LogP contribution < -0.4 is 4.80 Å². The summed E-state index contributed by atoms with van der Waals surface area (Å²) in [6.45, 7) is 7.82. The Kier molecular flexibility index (Phi) is 5.99. The van der Waals surface area contributed by atoms with Crippen molar-refractivity contribution in [2.45, 2.75) is 51.7 Å². The van der Waals surface area contributed by atoms with Gasteiger partial charge >= 0.3 is 0 Å². The molecule has 0 N–H and O–H groups in total. The summed E-state index contributed by atoms with van der Waals surface area (Å²) in [5.74, 6) is -0.469. The fraction of sp³-hybridized carbons (Fsp3) is 0.450. The summed E-state index contributed by atoms with van der Waals surface area (Å²) in [5.41, 5.74) is 0.447. The molecule has 1 atom stereocenters. The van der Waals surface area contributed by atoms with Crippen LogP contribution in [0.3, 0.4) is 0 Å². The molecule has 1 fully saturated rings. The Balaban J connectivity index is 2.03. The van der Waals surface area contributed by atoms with E-state index >= 15 is 0 Å². The van der Waals surface area contributed by atoms with E-state index in [0.29, 0.717) is 22.7 Å². The number of nitrogens with zero attached hydrogens (tertiary/aromatic N) is 2. The van der Waals surface area contributed by atoms with Crippen LogP contribution in [-0.4, -0.2) is 29.5 Å². The van der Waals surface area contributed by atoms with Crippen molar-refractivity contribution in [1.29, 1.82) is 0 Å². The van der Waals surface area contributed by atoms with Crippen LogP contribution >= 0.6 is 22.9 Å². The van der Waals surface area contributed by atoms with E-state index in [1.165, 1.54) is 23.5 Å². The Morgan fingerprint density at radius 1 is 1.44 bits per heavy atom. The predicted octanol–water partition coefficient (Wildman–Crippen LogP) is 4.23. The average Bonchev–Trinajstić information content (AvgIpc) is 3.25. The molecule has 0 unspecified atom stereocenters. The summed E-state index contributed by atoms with van der Waals surface area (Å²) >= 11 is 7.49. The van der Waals surface area contributed by atoms with Crippen molar-refractivity contribution in [2.24, 2.45) is 4.99 Å². The van der Waals surface area contributed by atoms with Gasteiger partial charge in [0.2, 0.25) is 0 Å². The van der Waals surface area contributed by atoms with E-state index in [1.807, 2.05) is 4.57 Å². The third-order valence-corrected chi connectivity index (χ3v) is 6.13. The third-order valence-electron chi connectivity index (χ3n) is 4.45. The van der Waals surface area contributed by atoms with E-state index < -0.39 is 5.91 Å². The Hall–Kier alpha value is -1.76. The van der Waals surface area contributed by atoms with Gasteiger partial charge in [-0.05, 0) is 36.5 Å². The van der Waals surface area contributed by atoms with Crippen LogP contribution in [0.4, 0.5) is 0 Å². The molecule has 0 aliphatic carbocycles. The molecule has 1 aromatic carbocycles. The SMILES string of the molecule is CC(C)(C)c1cn(C[C@H]2CCCO2)c(=NC(=O)c2cc(Cl)ccc2C=O)s1. The number of thiazole rings is 1. The molecular weight excluding hydrogens is 384 g/mol. The maximum atomic E-state index is 12.8. The highest BCUT2D eigenvalue weighted by molar-refractivity contribution is 7.09. The van der Waals surface area contributed by atoms with Crippen LogP contribution in [0.5, 0.6) is 0 Å². The Morgan fingerprint density at radius 3 is 2.85 bits per heavy atom. The summed E-state index contributed by atoms with van der Waals surface area (Å²) in [5, 5.41) is 0.396. The van der Waals surface area contributed by atoms with Crippen LogP contribution in [0.25, 0.3) is 0 Å². The number of aldehydes is 1. The molecule has 5 nitrogen and oxygen atoms in total. The number of halogens is 1. The summed E-state index contributed by atoms with van der Waals surface area (Å²) in [6.07, 6.45) is 4.90. The molecule has 1 aliphatic heterocycles. The minimum atomic E-state index is -0.469. The van der Waals surface area contributed by atoms with Gasteiger partial charge in [0.15, 0.2) is 11.1 Å². The number of amides is 1. The Labute approximate surface area is 167 Å². The molecule has 0 spiro atoms. The maximum absolute atomic E-state index is 12.8. The fourth-order valence-corrected chi connectivity index (χ4v) is 4.14. The molecule has 0 radical (unpaired) electrons. The van der Waals surface area contributed by atoms with Crippen LogP contribution in [0.1, 0.15) is 59.2 Å². The van der Waals surface area contributed by atoms with Crippen molar-refractivity contribution >= 4 is 35.1 Å². The second-order valence-electron chi connectivity index (χ2n) is 7.68. The molecule has 2 heterocycles. The quantitative estimate of drug-likeness (QED) is 0.713. The molecule has 1 saturated heterocycles. The molecule has 7 heteroatoms. The predicted molar refractivity (Wildman–Crippen MR) is 107 cm³/mol. The molecule has 144 valence electrons. The minimum Gasteiger partial charge on any atom is -0.376 e. The van der Waals surface area contributed by atoms with Gasteiger partial charge < -0.3 is 9.30 Å². The zero-order valence-corrected chi connectivity index (χ0v) is 17.3. The smallest absolute Gasteiger partial charge is 0.280 e. The maximum Gasteiger partial charge on any atom is 0.280 e. The lowest BCUT2D eigenvalue weighted by atomic mass is 9.95. The van der Waals surface area contributed by atoms with Crippen LogP contribution in [0, 0.1) is 0 Å². The lowest BCUT2D eigenvalue weighted by molar-refractivity contribution is 0.0948. The number of hydrogen-bond donors (Lipinski definition) is 0. The first-order valence-electron chi connectivity index (χ1n) is 8.94. The lowest BCUT2D eigenvalue weighted by Gasteiger charge is -2.15. The highest BCUT2D eigenvalue weighted by Crippen LogP contribution is 2.25. The van der Waals surface area contributed by atoms with E-state index in [1.54, 1.807) is 6.07 Å². The van der Waals surface area contributed by atoms with Gasteiger partial charge in [-0.1, -0.05) is 32.4 Å². The van der Waals surface area contributed by atoms with Gasteiger partial charge in [-0.25, -0.2) is 0 Å². The second kappa shape index (κ2) is 8.09. The number of aromatic nitrogens is 1. The second-order valence-corrected chi connectivity index (χ2v) is 9.13. The zero-order valence-electron chi connectivity index (χ0n) is 15.7. The van der Waals surface area contributed by atoms with Gasteiger partial charge in [-0.3, -0.25) is 9.59 Å². The molecule has 0 saturated carbocycles. The van der Waals surface area contributed by atoms with Gasteiger partial charge in [0.05, 0.1) is 18.2 Å². The average molecular weight is 407 g/mol. The van der Waals surface area contributed by atoms with Gasteiger partial charge in [0, 0.05) is 28.3 Å². The molecular formula is C20H23ClN2O3S. The Bertz CT molecular complexity index is 918. The summed E-state index contributed by atoms with van der Waals surface area (Å²) < 4.78 is 7.73. The minimum absolute atomic E-state index is 0.0518. The van der Waals surface area contributed by atoms with E-state index in [4.69, 9.17) is 16.3 Å². The van der Waals surface area contributed by atoms with E-state index in [9.17, 15) is 9.59 Å². The number of carbonyl (C=O) groups is 2. The molecule has 1 aliphatic rings. The molecule has 3 rings (SSSR count). The lowest BCUT2D eigenvalue weighted by Crippen LogP contribution is -2.23. The number of hydrogen-bond acceptors (Lipinski definition) is 4. The van der Waals surface area contributed by atoms with E-state index in [-0.39, 0.29) is 22.6 Å². The standard InChI is InChI=1S/C20H23ClN2O3S/c1-20(2,3)17-11-23(10-15-5-4-8-26-15)19(27-17)22-18(25)16-9-14(21)7-6-13(16)12-24/h6-7,9,11-12,15H,4-5,8,10H2,1-3H3/t15-/m1/s1. The van der Waals surface area contributed by atoms with Crippen molar-refractivity contribution in [3.63, 3.8) is 0 Å². The van der Waals surface area contributed by atoms with Crippen molar-refractivity contribution in [2.75, 3.05) is 6.61 Å². The molecule has 2 aromatic rings. The number of ether oxygens (including phenoxy) is 1. The van der Waals surface area contributed by atoms with Crippen molar-refractivity contribution in [3.05, 3.63) is 50.2 Å². The van der Waals surface area contributed by atoms with Crippen LogP contribution in [0.15, 0.2) is 29.4 Å². The summed E-state index contributed by atoms with van der Waals surface area (Å²) in [4.78, 5) is 30.1. The van der Waals surface area contributed by atoms with Gasteiger partial charge in [-0.15, -0.1) is 11.3 Å². The highest BCUT2D eigenvalue weighted by Gasteiger charge is 2.22. The number of carbonyl (C=O) groups excluding carboxylic acids is 2.